The Bertz CT molecular complexity index is 113. The van der Waals surface area contributed by atoms with Crippen molar-refractivity contribution in [2.75, 3.05) is 0 Å². The number of carbonyl (C=O) groups is 1. The van der Waals surface area contributed by atoms with Gasteiger partial charge in [0.2, 0.25) is 5.91 Å². The Morgan fingerprint density at radius 2 is 2.57 bits per heavy atom. The Balaban J connectivity index is 3.58. The highest BCUT2D eigenvalue weighted by atomic mass is 16.1. The molecule has 0 aliphatic heterocycles. The molecule has 1 radical (unpaired) electrons. The van der Waals surface area contributed by atoms with E-state index in [2.05, 4.69) is 16.9 Å². The highest BCUT2D eigenvalue weighted by Crippen LogP contribution is 1.79. The van der Waals surface area contributed by atoms with Gasteiger partial charge in [-0.1, -0.05) is 0 Å². The second-order valence-electron chi connectivity index (χ2n) is 0.833. The number of nitrogens with zero attached hydrogens (tertiary/aromatic N) is 3. The summed E-state index contributed by atoms with van der Waals surface area (Å²) in [6, 6.07) is 0. The lowest BCUT2D eigenvalue weighted by molar-refractivity contribution is -0.117. The molecule has 0 aromatic rings. The van der Waals surface area contributed by atoms with Gasteiger partial charge >= 0.3 is 0 Å². The summed E-state index contributed by atoms with van der Waals surface area (Å²) in [5.74, 6) is -0.525. The number of amides is 1. The summed E-state index contributed by atoms with van der Waals surface area (Å²) in [4.78, 5) is 12.2. The average Bonchev–Trinajstić information content (AvgIpc) is 1.68. The summed E-state index contributed by atoms with van der Waals surface area (Å²) in [6.45, 7) is 3.19. The quantitative estimate of drug-likeness (QED) is 0.274. The lowest BCUT2D eigenvalue weighted by Crippen LogP contribution is -1.83. The van der Waals surface area contributed by atoms with Crippen molar-refractivity contribution in [2.45, 2.75) is 6.42 Å². The Kier molecular flexibility index (Phi) is 2.72. The molecule has 0 saturated heterocycles. The van der Waals surface area contributed by atoms with E-state index in [1.807, 2.05) is 0 Å². The van der Waals surface area contributed by atoms with E-state index in [0.717, 1.165) is 0 Å². The highest BCUT2D eigenvalue weighted by Gasteiger charge is 1.86. The Hall–Kier alpha value is -1.02. The molecule has 0 heterocycles. The van der Waals surface area contributed by atoms with Gasteiger partial charge in [0.25, 0.3) is 0 Å². The Morgan fingerprint density at radius 3 is 2.71 bits per heavy atom. The van der Waals surface area contributed by atoms with Crippen LogP contribution in [0.4, 0.5) is 0 Å². The minimum absolute atomic E-state index is 0.0318. The van der Waals surface area contributed by atoms with Gasteiger partial charge in [-0.15, -0.1) is 0 Å². The first-order valence-corrected chi connectivity index (χ1v) is 1.68. The molecule has 0 fully saturated rings. The fourth-order valence-corrected chi connectivity index (χ4v) is 0.0999. The number of hydrogen-bond acceptors (Lipinski definition) is 1. The van der Waals surface area contributed by atoms with Crippen LogP contribution in [0.15, 0.2) is 5.11 Å². The molecule has 0 aromatic carbocycles. The van der Waals surface area contributed by atoms with Crippen molar-refractivity contribution in [3.8, 4) is 0 Å². The van der Waals surface area contributed by atoms with E-state index in [0.29, 0.717) is 0 Å². The van der Waals surface area contributed by atoms with Crippen molar-refractivity contribution in [3.63, 3.8) is 0 Å². The summed E-state index contributed by atoms with van der Waals surface area (Å²) >= 11 is 0. The molecule has 0 aromatic heterocycles. The van der Waals surface area contributed by atoms with Gasteiger partial charge in [0.1, 0.15) is 0 Å². The molecule has 0 spiro atoms. The summed E-state index contributed by atoms with van der Waals surface area (Å²) < 4.78 is 0. The molecule has 0 aliphatic carbocycles. The smallest absolute Gasteiger partial charge is 0.218 e. The largest absolute Gasteiger partial charge is 0.293 e. The average molecular weight is 98.1 g/mol. The standard InChI is InChI=1S/C3H4N3O/c1-2-3(7)5-6-4/h1-2H2. The topological polar surface area (TPSA) is 65.8 Å². The number of carbonyl (C=O) groups excluding carboxylic acids is 1. The van der Waals surface area contributed by atoms with E-state index in [1.54, 1.807) is 0 Å². The molecule has 0 unspecified atom stereocenters. The molecule has 7 heavy (non-hydrogen) atoms. The van der Waals surface area contributed by atoms with Crippen LogP contribution in [0.2, 0.25) is 0 Å². The molecule has 0 rings (SSSR count). The third-order valence-corrected chi connectivity index (χ3v) is 0.370. The minimum Gasteiger partial charge on any atom is -0.293 e. The van der Waals surface area contributed by atoms with Crippen LogP contribution in [0.1, 0.15) is 6.42 Å². The summed E-state index contributed by atoms with van der Waals surface area (Å²) in [5, 5.41) is 2.72. The van der Waals surface area contributed by atoms with Crippen molar-refractivity contribution in [1.29, 1.82) is 0 Å². The molecule has 4 nitrogen and oxygen atoms in total. The lowest BCUT2D eigenvalue weighted by atomic mass is 10.5. The van der Waals surface area contributed by atoms with Crippen LogP contribution in [0.25, 0.3) is 10.4 Å². The fourth-order valence-electron chi connectivity index (χ4n) is 0.0999. The van der Waals surface area contributed by atoms with Crippen molar-refractivity contribution in [3.05, 3.63) is 17.4 Å². The zero-order valence-electron chi connectivity index (χ0n) is 3.66. The lowest BCUT2D eigenvalue weighted by Gasteiger charge is -1.73. The fraction of sp³-hybridized carbons (Fsp3) is 0.333. The second kappa shape index (κ2) is 3.18. The van der Waals surface area contributed by atoms with Gasteiger partial charge in [-0.3, -0.25) is 4.79 Å². The predicted octanol–water partition coefficient (Wildman–Crippen LogP) is 1.05. The zero-order valence-corrected chi connectivity index (χ0v) is 3.66. The molecule has 0 bridgehead atoms. The first-order chi connectivity index (χ1) is 3.31. The molecule has 0 saturated carbocycles. The first-order valence-electron chi connectivity index (χ1n) is 1.68. The van der Waals surface area contributed by atoms with Crippen LogP contribution in [0, 0.1) is 6.92 Å². The number of hydrogen-bond donors (Lipinski definition) is 0. The Morgan fingerprint density at radius 1 is 2.00 bits per heavy atom. The predicted molar refractivity (Wildman–Crippen MR) is 24.1 cm³/mol. The maximum Gasteiger partial charge on any atom is 0.218 e. The van der Waals surface area contributed by atoms with Gasteiger partial charge in [-0.05, 0) is 17.6 Å². The molecule has 0 atom stereocenters. The van der Waals surface area contributed by atoms with E-state index >= 15 is 0 Å². The van der Waals surface area contributed by atoms with Crippen LogP contribution in [-0.2, 0) is 4.79 Å². The van der Waals surface area contributed by atoms with Gasteiger partial charge in [0.15, 0.2) is 0 Å². The van der Waals surface area contributed by atoms with Crippen LogP contribution in [-0.4, -0.2) is 5.91 Å². The van der Waals surface area contributed by atoms with Gasteiger partial charge in [0, 0.05) is 11.3 Å². The number of azide groups is 1. The molecule has 4 heteroatoms. The van der Waals surface area contributed by atoms with Crippen molar-refractivity contribution < 1.29 is 4.79 Å². The van der Waals surface area contributed by atoms with E-state index in [1.165, 1.54) is 0 Å². The number of rotatable bonds is 1. The summed E-state index contributed by atoms with van der Waals surface area (Å²) in [7, 11) is 0. The molecule has 37 valence electrons. The van der Waals surface area contributed by atoms with Gasteiger partial charge in [-0.25, -0.2) is 0 Å². The summed E-state index contributed by atoms with van der Waals surface area (Å²) in [6.07, 6.45) is 0.0318. The summed E-state index contributed by atoms with van der Waals surface area (Å²) in [5.41, 5.74) is 7.58. The normalized spacial score (nSPS) is 7.00. The molecule has 1 amide bonds. The van der Waals surface area contributed by atoms with Gasteiger partial charge in [0.05, 0.1) is 0 Å². The van der Waals surface area contributed by atoms with Crippen LogP contribution < -0.4 is 0 Å². The van der Waals surface area contributed by atoms with Gasteiger partial charge < -0.3 is 0 Å². The molecular formula is C3H4N3O. The van der Waals surface area contributed by atoms with E-state index in [4.69, 9.17) is 5.53 Å². The molecule has 0 N–H and O–H groups in total. The monoisotopic (exact) mass is 98.0 g/mol. The van der Waals surface area contributed by atoms with E-state index in [-0.39, 0.29) is 6.42 Å². The maximum absolute atomic E-state index is 9.93. The third kappa shape index (κ3) is 2.79. The van der Waals surface area contributed by atoms with Crippen LogP contribution in [0.3, 0.4) is 0 Å². The molecule has 0 aliphatic rings. The SMILES string of the molecule is [CH2]CC(=O)N=[N+]=[N-]. The van der Waals surface area contributed by atoms with Crippen LogP contribution >= 0.6 is 0 Å². The second-order valence-corrected chi connectivity index (χ2v) is 0.833. The Labute approximate surface area is 40.8 Å². The maximum atomic E-state index is 9.93. The van der Waals surface area contributed by atoms with Crippen molar-refractivity contribution in [2.24, 2.45) is 5.11 Å². The zero-order chi connectivity index (χ0) is 5.70. The molecular weight excluding hydrogens is 94.1 g/mol. The van der Waals surface area contributed by atoms with Crippen molar-refractivity contribution in [1.82, 2.24) is 0 Å². The van der Waals surface area contributed by atoms with Gasteiger partial charge in [-0.2, -0.15) is 0 Å². The van der Waals surface area contributed by atoms with Crippen LogP contribution in [0.5, 0.6) is 0 Å². The highest BCUT2D eigenvalue weighted by molar-refractivity contribution is 5.77. The van der Waals surface area contributed by atoms with Crippen molar-refractivity contribution >= 4 is 5.91 Å². The van der Waals surface area contributed by atoms with E-state index < -0.39 is 5.91 Å². The first kappa shape index (κ1) is 5.98. The van der Waals surface area contributed by atoms with E-state index in [9.17, 15) is 4.79 Å². The third-order valence-electron chi connectivity index (χ3n) is 0.370. The minimum atomic E-state index is -0.525.